The molecule has 9 heavy (non-hydrogen) atoms. The van der Waals surface area contributed by atoms with Crippen LogP contribution in [0.25, 0.3) is 0 Å². The van der Waals surface area contributed by atoms with Gasteiger partial charge in [-0.2, -0.15) is 0 Å². The fourth-order valence-electron chi connectivity index (χ4n) is 0.484. The van der Waals surface area contributed by atoms with Crippen LogP contribution in [0.2, 0.25) is 5.15 Å². The molecular weight excluding hydrogens is 138 g/mol. The quantitative estimate of drug-likeness (QED) is 0.548. The van der Waals surface area contributed by atoms with Crippen molar-refractivity contribution < 1.29 is 0 Å². The Morgan fingerprint density at radius 1 is 1.56 bits per heavy atom. The molecule has 1 heterocycles. The normalized spacial score (nSPS) is 9.56. The second-order valence-corrected chi connectivity index (χ2v) is 1.92. The Hall–Kier alpha value is -0.830. The van der Waals surface area contributed by atoms with Gasteiger partial charge in [0, 0.05) is 13.0 Å². The monoisotopic (exact) mass is 142 g/mol. The Balaban J connectivity index is 3.17. The van der Waals surface area contributed by atoms with Crippen LogP contribution in [0.5, 0.6) is 0 Å². The first kappa shape index (κ1) is 6.29. The van der Waals surface area contributed by atoms with Gasteiger partial charge in [0.25, 0.3) is 0 Å². The fourth-order valence-corrected chi connectivity index (χ4v) is 0.693. The van der Waals surface area contributed by atoms with Crippen LogP contribution in [0, 0.1) is 6.92 Å². The van der Waals surface area contributed by atoms with E-state index in [1.54, 1.807) is 0 Å². The number of rotatable bonds is 0. The molecule has 0 spiro atoms. The summed E-state index contributed by atoms with van der Waals surface area (Å²) in [7, 11) is 0. The van der Waals surface area contributed by atoms with Crippen molar-refractivity contribution in [2.75, 3.05) is 5.73 Å². The van der Waals surface area contributed by atoms with E-state index in [0.29, 0.717) is 16.8 Å². The van der Waals surface area contributed by atoms with Gasteiger partial charge in [-0.1, -0.05) is 11.6 Å². The molecule has 0 unspecified atom stereocenters. The molecule has 1 radical (unpaired) electrons. The van der Waals surface area contributed by atoms with Crippen molar-refractivity contribution in [1.29, 1.82) is 0 Å². The average molecular weight is 143 g/mol. The van der Waals surface area contributed by atoms with Gasteiger partial charge in [0.2, 0.25) is 0 Å². The van der Waals surface area contributed by atoms with Gasteiger partial charge in [-0.3, -0.25) is 0 Å². The molecule has 1 aromatic heterocycles. The van der Waals surface area contributed by atoms with Gasteiger partial charge < -0.3 is 5.73 Å². The highest BCUT2D eigenvalue weighted by atomic mass is 35.5. The maximum Gasteiger partial charge on any atom is 0.134 e. The van der Waals surface area contributed by atoms with Gasteiger partial charge in [0.05, 0.1) is 0 Å². The lowest BCUT2D eigenvalue weighted by Crippen LogP contribution is -1.94. The summed E-state index contributed by atoms with van der Waals surface area (Å²) >= 11 is 5.48. The highest BCUT2D eigenvalue weighted by molar-refractivity contribution is 6.29. The molecule has 0 atom stereocenters. The number of anilines is 1. The molecule has 47 valence electrons. The van der Waals surface area contributed by atoms with Gasteiger partial charge in [-0.15, -0.1) is 0 Å². The van der Waals surface area contributed by atoms with Crippen LogP contribution >= 0.6 is 11.6 Å². The van der Waals surface area contributed by atoms with Gasteiger partial charge in [-0.05, 0) is 0 Å². The summed E-state index contributed by atoms with van der Waals surface area (Å²) in [5.41, 5.74) is 5.28. The summed E-state index contributed by atoms with van der Waals surface area (Å²) in [6.07, 6.45) is 0. The lowest BCUT2D eigenvalue weighted by Gasteiger charge is -1.93. The predicted octanol–water partition coefficient (Wildman–Crippen LogP) is 0.894. The Morgan fingerprint density at radius 3 is 2.67 bits per heavy atom. The molecule has 0 amide bonds. The minimum Gasteiger partial charge on any atom is -0.384 e. The topological polar surface area (TPSA) is 51.8 Å². The molecule has 0 fully saturated rings. The van der Waals surface area contributed by atoms with Crippen LogP contribution in [0.4, 0.5) is 5.82 Å². The summed E-state index contributed by atoms with van der Waals surface area (Å²) in [6.45, 7) is 3.46. The van der Waals surface area contributed by atoms with Crippen molar-refractivity contribution in [3.8, 4) is 0 Å². The van der Waals surface area contributed by atoms with Crippen molar-refractivity contribution >= 4 is 17.4 Å². The van der Waals surface area contributed by atoms with E-state index in [1.807, 2.05) is 0 Å². The molecule has 0 bridgehead atoms. The number of nitrogens with two attached hydrogens (primary N) is 1. The fraction of sp³-hybridized carbons (Fsp3) is 0. The zero-order valence-electron chi connectivity index (χ0n) is 4.63. The molecule has 4 heteroatoms. The van der Waals surface area contributed by atoms with Crippen LogP contribution in [-0.2, 0) is 0 Å². The van der Waals surface area contributed by atoms with Crippen molar-refractivity contribution in [3.63, 3.8) is 0 Å². The number of aromatic nitrogens is 2. The Morgan fingerprint density at radius 2 is 2.22 bits per heavy atom. The molecule has 0 saturated carbocycles. The summed E-state index contributed by atoms with van der Waals surface area (Å²) in [5, 5.41) is 0.326. The molecule has 2 N–H and O–H groups in total. The van der Waals surface area contributed by atoms with Crippen molar-refractivity contribution in [2.24, 2.45) is 0 Å². The molecule has 0 aromatic carbocycles. The first-order chi connectivity index (χ1) is 4.18. The van der Waals surface area contributed by atoms with E-state index in [4.69, 9.17) is 17.3 Å². The lowest BCUT2D eigenvalue weighted by atomic mass is 10.5. The summed E-state index contributed by atoms with van der Waals surface area (Å²) in [5.74, 6) is 0.694. The van der Waals surface area contributed by atoms with E-state index in [-0.39, 0.29) is 0 Å². The van der Waals surface area contributed by atoms with Gasteiger partial charge in [0.1, 0.15) is 16.8 Å². The second-order valence-electron chi connectivity index (χ2n) is 1.53. The van der Waals surface area contributed by atoms with E-state index < -0.39 is 0 Å². The van der Waals surface area contributed by atoms with Crippen molar-refractivity contribution in [3.05, 3.63) is 24.0 Å². The highest BCUT2D eigenvalue weighted by Crippen LogP contribution is 2.06. The SMILES string of the molecule is [CH2]c1nc(N)cc(Cl)n1. The number of halogens is 1. The molecule has 0 saturated heterocycles. The number of hydrogen-bond donors (Lipinski definition) is 1. The van der Waals surface area contributed by atoms with Crippen LogP contribution in [0.1, 0.15) is 5.82 Å². The Bertz CT molecular complexity index is 173. The molecule has 3 nitrogen and oxygen atoms in total. The molecule has 1 aromatic rings. The van der Waals surface area contributed by atoms with Gasteiger partial charge in [0.15, 0.2) is 0 Å². The number of nitrogen functional groups attached to an aromatic ring is 1. The number of nitrogens with zero attached hydrogens (tertiary/aromatic N) is 2. The Kier molecular flexibility index (Phi) is 1.53. The lowest BCUT2D eigenvalue weighted by molar-refractivity contribution is 1.12. The molecule has 0 aliphatic heterocycles. The van der Waals surface area contributed by atoms with E-state index in [1.165, 1.54) is 6.07 Å². The molecule has 0 aliphatic carbocycles. The minimum absolute atomic E-state index is 0.326. The maximum absolute atomic E-state index is 5.48. The van der Waals surface area contributed by atoms with Crippen LogP contribution in [0.3, 0.4) is 0 Å². The van der Waals surface area contributed by atoms with Crippen LogP contribution in [-0.4, -0.2) is 9.97 Å². The summed E-state index contributed by atoms with van der Waals surface area (Å²) in [6, 6.07) is 1.47. The van der Waals surface area contributed by atoms with Crippen LogP contribution in [0.15, 0.2) is 6.07 Å². The van der Waals surface area contributed by atoms with Gasteiger partial charge in [-0.25, -0.2) is 9.97 Å². The molecule has 0 aliphatic rings. The third-order valence-corrected chi connectivity index (χ3v) is 0.955. The van der Waals surface area contributed by atoms with Gasteiger partial charge >= 0.3 is 0 Å². The third-order valence-electron chi connectivity index (χ3n) is 0.761. The average Bonchev–Trinajstić information content (AvgIpc) is 1.59. The molecule has 1 rings (SSSR count). The van der Waals surface area contributed by atoms with Crippen molar-refractivity contribution in [1.82, 2.24) is 9.97 Å². The first-order valence-electron chi connectivity index (χ1n) is 2.30. The summed E-state index contributed by atoms with van der Waals surface area (Å²) in [4.78, 5) is 7.40. The smallest absolute Gasteiger partial charge is 0.134 e. The van der Waals surface area contributed by atoms with Crippen LogP contribution < -0.4 is 5.73 Å². The molecular formula is C5H5ClN3. The van der Waals surface area contributed by atoms with Crippen molar-refractivity contribution in [2.45, 2.75) is 0 Å². The zero-order valence-corrected chi connectivity index (χ0v) is 5.39. The standard InChI is InChI=1S/C5H5ClN3/c1-3-8-4(6)2-5(7)9-3/h2H,1H2,(H2,7,8,9). The van der Waals surface area contributed by atoms with E-state index >= 15 is 0 Å². The second kappa shape index (κ2) is 2.19. The maximum atomic E-state index is 5.48. The largest absolute Gasteiger partial charge is 0.384 e. The minimum atomic E-state index is 0.326. The van der Waals surface area contributed by atoms with E-state index in [0.717, 1.165) is 0 Å². The van der Waals surface area contributed by atoms with E-state index in [2.05, 4.69) is 16.9 Å². The highest BCUT2D eigenvalue weighted by Gasteiger charge is 1.92. The number of hydrogen-bond acceptors (Lipinski definition) is 3. The van der Waals surface area contributed by atoms with E-state index in [9.17, 15) is 0 Å². The predicted molar refractivity (Wildman–Crippen MR) is 35.9 cm³/mol. The summed E-state index contributed by atoms with van der Waals surface area (Å²) < 4.78 is 0. The first-order valence-corrected chi connectivity index (χ1v) is 2.68. The zero-order chi connectivity index (χ0) is 6.85. The third kappa shape index (κ3) is 1.54. The Labute approximate surface area is 57.9 Å².